The van der Waals surface area contributed by atoms with Crippen LogP contribution in [0.25, 0.3) is 0 Å². The summed E-state index contributed by atoms with van der Waals surface area (Å²) in [5.74, 6) is 2.11. The number of hydrogen-bond donors (Lipinski definition) is 3. The van der Waals surface area contributed by atoms with Gasteiger partial charge in [-0.25, -0.2) is 4.21 Å². The normalized spacial score (nSPS) is 14.2. The van der Waals surface area contributed by atoms with Gasteiger partial charge in [0.2, 0.25) is 0 Å². The van der Waals surface area contributed by atoms with E-state index in [0.29, 0.717) is 16.8 Å². The van der Waals surface area contributed by atoms with Crippen molar-refractivity contribution in [2.75, 3.05) is 19.4 Å². The lowest BCUT2D eigenvalue weighted by Gasteiger charge is -2.16. The molecule has 9 nitrogen and oxygen atoms in total. The molecule has 0 saturated heterocycles. The Morgan fingerprint density at radius 3 is 2.26 bits per heavy atom. The fourth-order valence-corrected chi connectivity index (χ4v) is 3.56. The van der Waals surface area contributed by atoms with Gasteiger partial charge in [0.25, 0.3) is 17.1 Å². The number of hydrogen-bond acceptors (Lipinski definition) is 6. The monoisotopic (exact) mass is 555 g/mol. The summed E-state index contributed by atoms with van der Waals surface area (Å²) in [7, 11) is 3.17. The first-order valence-electron chi connectivity index (χ1n) is 10.9. The van der Waals surface area contributed by atoms with E-state index in [1.54, 1.807) is 26.2 Å². The van der Waals surface area contributed by atoms with Crippen LogP contribution in [-0.4, -0.2) is 45.9 Å². The van der Waals surface area contributed by atoms with Crippen LogP contribution in [0.1, 0.15) is 56.5 Å². The predicted molar refractivity (Wildman–Crippen MR) is 143 cm³/mol. The van der Waals surface area contributed by atoms with Crippen LogP contribution >= 0.6 is 15.9 Å². The fraction of sp³-hybridized carbons (Fsp3) is 0.435. The quantitative estimate of drug-likeness (QED) is 0.454. The number of nitrogens with one attached hydrogen (secondary N) is 2. The van der Waals surface area contributed by atoms with Crippen molar-refractivity contribution in [3.05, 3.63) is 45.8 Å². The molecule has 0 fully saturated rings. The summed E-state index contributed by atoms with van der Waals surface area (Å²) in [5.41, 5.74) is 0.335. The molecule has 188 valence electrons. The number of amidine groups is 2. The standard InChI is InChI=1S/C17H18BrN5O4S.C4H10.C2H6/c1-9-4-5-10(27-9)8-19-15-16(22-28(26)21-15)20-12-7-6-11(18)13(14(12)24)17(25)23(2)3;1-4(2)3;1-2/h4-7,24H,8H2,1-3H3,(H,19,21)(H,20,22);4H,1-3H3;1-2H3. The molecule has 1 aliphatic rings. The van der Waals surface area contributed by atoms with Crippen LogP contribution in [0.15, 0.2) is 42.0 Å². The molecule has 1 atom stereocenters. The number of aromatic hydroxyl groups is 1. The van der Waals surface area contributed by atoms with Crippen LogP contribution in [-0.2, 0) is 17.7 Å². The predicted octanol–water partition coefficient (Wildman–Crippen LogP) is 5.04. The maximum Gasteiger partial charge on any atom is 0.269 e. The SMILES string of the molecule is CC.CC(C)C.Cc1ccc(CNC2=NS(=O)N=C2Nc2ccc(Br)c(C(=O)N(C)C)c2O)o1. The summed E-state index contributed by atoms with van der Waals surface area (Å²) >= 11 is 1.49. The zero-order chi connectivity index (χ0) is 26.0. The Morgan fingerprint density at radius 1 is 1.15 bits per heavy atom. The van der Waals surface area contributed by atoms with Crippen molar-refractivity contribution < 1.29 is 18.5 Å². The van der Waals surface area contributed by atoms with Crippen molar-refractivity contribution in [2.24, 2.45) is 14.7 Å². The van der Waals surface area contributed by atoms with Crippen molar-refractivity contribution in [3.63, 3.8) is 0 Å². The molecular formula is C23H34BrN5O4S. The largest absolute Gasteiger partial charge is 0.505 e. The van der Waals surface area contributed by atoms with Crippen LogP contribution in [0, 0.1) is 12.8 Å². The van der Waals surface area contributed by atoms with Gasteiger partial charge in [-0.3, -0.25) is 4.79 Å². The molecule has 1 aromatic carbocycles. The van der Waals surface area contributed by atoms with Crippen LogP contribution in [0.2, 0.25) is 0 Å². The van der Waals surface area contributed by atoms with Gasteiger partial charge < -0.3 is 25.1 Å². The maximum atomic E-state index is 12.3. The zero-order valence-corrected chi connectivity index (χ0v) is 23.3. The number of benzene rings is 1. The molecule has 2 heterocycles. The van der Waals surface area contributed by atoms with Crippen LogP contribution in [0.5, 0.6) is 5.75 Å². The molecule has 0 radical (unpaired) electrons. The van der Waals surface area contributed by atoms with Gasteiger partial charge in [-0.15, -0.1) is 8.80 Å². The van der Waals surface area contributed by atoms with Gasteiger partial charge in [0.15, 0.2) is 17.4 Å². The highest BCUT2D eigenvalue weighted by Gasteiger charge is 2.24. The van der Waals surface area contributed by atoms with E-state index in [4.69, 9.17) is 4.42 Å². The van der Waals surface area contributed by atoms with Crippen molar-refractivity contribution in [3.8, 4) is 5.75 Å². The molecule has 2 aromatic rings. The van der Waals surface area contributed by atoms with Crippen molar-refractivity contribution >= 4 is 50.4 Å². The van der Waals surface area contributed by atoms with Gasteiger partial charge >= 0.3 is 0 Å². The summed E-state index contributed by atoms with van der Waals surface area (Å²) in [5, 5.41) is 16.5. The third-order valence-corrected chi connectivity index (χ3v) is 5.13. The van der Waals surface area contributed by atoms with Gasteiger partial charge in [0, 0.05) is 18.6 Å². The first-order valence-corrected chi connectivity index (χ1v) is 12.7. The summed E-state index contributed by atoms with van der Waals surface area (Å²) in [4.78, 5) is 13.7. The smallest absolute Gasteiger partial charge is 0.269 e. The second-order valence-corrected chi connectivity index (χ2v) is 9.53. The lowest BCUT2D eigenvalue weighted by Crippen LogP contribution is -2.33. The van der Waals surface area contributed by atoms with E-state index in [9.17, 15) is 14.1 Å². The highest BCUT2D eigenvalue weighted by atomic mass is 79.9. The molecule has 0 bridgehead atoms. The lowest BCUT2D eigenvalue weighted by molar-refractivity contribution is 0.0824. The third kappa shape index (κ3) is 8.60. The highest BCUT2D eigenvalue weighted by molar-refractivity contribution is 9.10. The van der Waals surface area contributed by atoms with Crippen molar-refractivity contribution in [1.82, 2.24) is 10.2 Å². The first kappa shape index (κ1) is 29.4. The van der Waals surface area contributed by atoms with E-state index in [2.05, 4.69) is 56.1 Å². The minimum Gasteiger partial charge on any atom is -0.505 e. The molecular weight excluding hydrogens is 522 g/mol. The number of anilines is 1. The van der Waals surface area contributed by atoms with E-state index < -0.39 is 11.2 Å². The molecule has 0 spiro atoms. The second-order valence-electron chi connectivity index (χ2n) is 7.85. The number of rotatable bonds is 4. The molecule has 3 rings (SSSR count). The van der Waals surface area contributed by atoms with E-state index in [-0.39, 0.29) is 34.6 Å². The number of phenols is 1. The summed E-state index contributed by atoms with van der Waals surface area (Å²) in [6, 6.07) is 6.85. The number of furan rings is 1. The molecule has 0 saturated carbocycles. The zero-order valence-electron chi connectivity index (χ0n) is 20.9. The van der Waals surface area contributed by atoms with E-state index in [1.165, 1.54) is 4.90 Å². The number of carbonyl (C=O) groups is 1. The number of halogens is 1. The molecule has 1 aliphatic heterocycles. The Labute approximate surface area is 212 Å². The average Bonchev–Trinajstić information content (AvgIpc) is 3.34. The Morgan fingerprint density at radius 2 is 1.74 bits per heavy atom. The number of nitrogens with zero attached hydrogens (tertiary/aromatic N) is 3. The number of phenolic OH excluding ortho intramolecular Hbond substituents is 1. The molecule has 3 N–H and O–H groups in total. The molecule has 1 aromatic heterocycles. The number of carbonyl (C=O) groups excluding carboxylic acids is 1. The van der Waals surface area contributed by atoms with E-state index in [1.807, 2.05) is 32.9 Å². The van der Waals surface area contributed by atoms with Crippen LogP contribution in [0.3, 0.4) is 0 Å². The number of amides is 1. The maximum absolute atomic E-state index is 12.3. The summed E-state index contributed by atoms with van der Waals surface area (Å²) in [6.07, 6.45) is 0. The highest BCUT2D eigenvalue weighted by Crippen LogP contribution is 2.34. The van der Waals surface area contributed by atoms with Gasteiger partial charge in [0.05, 0.1) is 17.8 Å². The lowest BCUT2D eigenvalue weighted by atomic mass is 10.1. The third-order valence-electron chi connectivity index (χ3n) is 3.79. The van der Waals surface area contributed by atoms with Gasteiger partial charge in [-0.1, -0.05) is 34.6 Å². The van der Waals surface area contributed by atoms with E-state index in [0.717, 1.165) is 11.7 Å². The first-order chi connectivity index (χ1) is 16.0. The summed E-state index contributed by atoms with van der Waals surface area (Å²) < 4.78 is 25.5. The topological polar surface area (TPSA) is 120 Å². The Balaban J connectivity index is 0.000000872. The average molecular weight is 557 g/mol. The Bertz CT molecular complexity index is 1060. The second kappa shape index (κ2) is 13.9. The Kier molecular flexibility index (Phi) is 12.0. The van der Waals surface area contributed by atoms with Gasteiger partial charge in [-0.2, -0.15) is 0 Å². The molecule has 34 heavy (non-hydrogen) atoms. The van der Waals surface area contributed by atoms with Crippen LogP contribution < -0.4 is 10.6 Å². The molecule has 0 aliphatic carbocycles. The summed E-state index contributed by atoms with van der Waals surface area (Å²) in [6.45, 7) is 12.7. The van der Waals surface area contributed by atoms with Gasteiger partial charge in [0.1, 0.15) is 11.5 Å². The minimum atomic E-state index is -1.79. The van der Waals surface area contributed by atoms with E-state index >= 15 is 0 Å². The fourth-order valence-electron chi connectivity index (χ4n) is 2.43. The van der Waals surface area contributed by atoms with Crippen molar-refractivity contribution in [1.29, 1.82) is 0 Å². The van der Waals surface area contributed by atoms with Gasteiger partial charge in [-0.05, 0) is 53.0 Å². The minimum absolute atomic E-state index is 0.104. The Hall–Kier alpha value is -2.66. The molecule has 11 heteroatoms. The molecule has 1 amide bonds. The molecule has 1 unspecified atom stereocenters. The van der Waals surface area contributed by atoms with Crippen molar-refractivity contribution in [2.45, 2.75) is 48.1 Å². The van der Waals surface area contributed by atoms with Crippen LogP contribution in [0.4, 0.5) is 5.69 Å². The number of aryl methyl sites for hydroxylation is 1.